The number of hydrogen-bond donors (Lipinski definition) is 1. The van der Waals surface area contributed by atoms with Gasteiger partial charge in [-0.25, -0.2) is 4.99 Å². The minimum absolute atomic E-state index is 0.0373. The maximum Gasteiger partial charge on any atom is 0.260 e. The van der Waals surface area contributed by atoms with Crippen LogP contribution in [0.4, 0.5) is 5.69 Å². The molecule has 1 N–H and O–H groups in total. The van der Waals surface area contributed by atoms with Gasteiger partial charge in [-0.2, -0.15) is 0 Å². The molecule has 0 aliphatic carbocycles. The van der Waals surface area contributed by atoms with Gasteiger partial charge in [-0.3, -0.25) is 14.4 Å². The van der Waals surface area contributed by atoms with E-state index in [2.05, 4.69) is 10.3 Å². The van der Waals surface area contributed by atoms with E-state index in [0.29, 0.717) is 31.3 Å². The van der Waals surface area contributed by atoms with Gasteiger partial charge in [0.25, 0.3) is 5.91 Å². The van der Waals surface area contributed by atoms with Crippen LogP contribution in [0, 0.1) is 13.8 Å². The summed E-state index contributed by atoms with van der Waals surface area (Å²) in [5.74, 6) is -0.637. The number of aliphatic imine (C=N–C) groups is 1. The van der Waals surface area contributed by atoms with Crippen LogP contribution in [0.2, 0.25) is 0 Å². The van der Waals surface area contributed by atoms with Gasteiger partial charge in [-0.15, -0.1) is 0 Å². The van der Waals surface area contributed by atoms with E-state index in [9.17, 15) is 14.4 Å². The Balaban J connectivity index is 1.51. The highest BCUT2D eigenvalue weighted by Crippen LogP contribution is 2.28. The Labute approximate surface area is 162 Å². The molecule has 27 heavy (non-hydrogen) atoms. The highest BCUT2D eigenvalue weighted by molar-refractivity contribution is 8.15. The molecule has 1 fully saturated rings. The molecule has 1 aromatic rings. The standard InChI is InChI=1S/C19H23N3O4S/c1-12-3-4-14(13(2)9-12)20-16(23)10-15-19(25)21-17(27-15)11-18(24)22-5-7-26-8-6-22/h3-4,9,15H,5-8,10-11H2,1-2H3,(H,20,23)/t15-/m1/s1. The van der Waals surface area contributed by atoms with E-state index in [0.717, 1.165) is 16.8 Å². The lowest BCUT2D eigenvalue weighted by molar-refractivity contribution is -0.133. The number of benzene rings is 1. The average Bonchev–Trinajstić information content (AvgIpc) is 2.97. The second-order valence-electron chi connectivity index (χ2n) is 6.69. The molecule has 144 valence electrons. The van der Waals surface area contributed by atoms with Crippen molar-refractivity contribution in [2.45, 2.75) is 31.9 Å². The van der Waals surface area contributed by atoms with Gasteiger partial charge >= 0.3 is 0 Å². The Kier molecular flexibility index (Phi) is 6.28. The third kappa shape index (κ3) is 5.17. The predicted octanol–water partition coefficient (Wildman–Crippen LogP) is 1.92. The van der Waals surface area contributed by atoms with Crippen LogP contribution < -0.4 is 5.32 Å². The summed E-state index contributed by atoms with van der Waals surface area (Å²) >= 11 is 1.22. The fourth-order valence-electron chi connectivity index (χ4n) is 3.02. The SMILES string of the molecule is Cc1ccc(NC(=O)C[C@H]2SC(CC(=O)N3CCOCC3)=NC2=O)c(C)c1. The number of amides is 3. The van der Waals surface area contributed by atoms with Crippen molar-refractivity contribution in [3.8, 4) is 0 Å². The number of nitrogens with zero attached hydrogens (tertiary/aromatic N) is 2. The van der Waals surface area contributed by atoms with Crippen molar-refractivity contribution in [3.63, 3.8) is 0 Å². The number of morpholine rings is 1. The van der Waals surface area contributed by atoms with Gasteiger partial charge in [-0.1, -0.05) is 29.5 Å². The molecule has 0 spiro atoms. The van der Waals surface area contributed by atoms with E-state index in [4.69, 9.17) is 4.74 Å². The molecule has 3 amide bonds. The molecule has 1 atom stereocenters. The first-order valence-electron chi connectivity index (χ1n) is 8.93. The maximum atomic E-state index is 12.3. The molecule has 0 unspecified atom stereocenters. The van der Waals surface area contributed by atoms with Crippen molar-refractivity contribution in [1.29, 1.82) is 0 Å². The first kappa shape index (κ1) is 19.6. The Morgan fingerprint density at radius 3 is 2.74 bits per heavy atom. The summed E-state index contributed by atoms with van der Waals surface area (Å²) < 4.78 is 5.23. The monoisotopic (exact) mass is 389 g/mol. The third-order valence-electron chi connectivity index (χ3n) is 4.48. The smallest absolute Gasteiger partial charge is 0.260 e. The van der Waals surface area contributed by atoms with Crippen molar-refractivity contribution in [2.24, 2.45) is 4.99 Å². The molecule has 0 bridgehead atoms. The van der Waals surface area contributed by atoms with Crippen LogP contribution in [0.25, 0.3) is 0 Å². The molecule has 0 aromatic heterocycles. The Morgan fingerprint density at radius 1 is 1.30 bits per heavy atom. The fourth-order valence-corrected chi connectivity index (χ4v) is 4.09. The maximum absolute atomic E-state index is 12.3. The molecule has 0 saturated carbocycles. The zero-order chi connectivity index (χ0) is 19.4. The minimum Gasteiger partial charge on any atom is -0.378 e. The molecule has 2 aliphatic rings. The summed E-state index contributed by atoms with van der Waals surface area (Å²) in [6.45, 7) is 6.11. The second kappa shape index (κ2) is 8.67. The molecule has 3 rings (SSSR count). The van der Waals surface area contributed by atoms with Crippen LogP contribution in [-0.4, -0.2) is 59.2 Å². The van der Waals surface area contributed by atoms with Crippen molar-refractivity contribution in [2.75, 3.05) is 31.6 Å². The zero-order valence-electron chi connectivity index (χ0n) is 15.5. The number of nitrogens with one attached hydrogen (secondary N) is 1. The lowest BCUT2D eigenvalue weighted by Crippen LogP contribution is -2.41. The largest absolute Gasteiger partial charge is 0.378 e. The summed E-state index contributed by atoms with van der Waals surface area (Å²) in [5.41, 5.74) is 2.83. The highest BCUT2D eigenvalue weighted by atomic mass is 32.2. The van der Waals surface area contributed by atoms with Crippen molar-refractivity contribution in [3.05, 3.63) is 29.3 Å². The summed E-state index contributed by atoms with van der Waals surface area (Å²) in [7, 11) is 0. The predicted molar refractivity (Wildman–Crippen MR) is 105 cm³/mol. The molecular weight excluding hydrogens is 366 g/mol. The molecule has 1 saturated heterocycles. The van der Waals surface area contributed by atoms with Crippen LogP contribution in [0.15, 0.2) is 23.2 Å². The topological polar surface area (TPSA) is 88.1 Å². The average molecular weight is 389 g/mol. The van der Waals surface area contributed by atoms with Crippen LogP contribution in [0.1, 0.15) is 24.0 Å². The molecule has 2 aliphatic heterocycles. The Hall–Kier alpha value is -2.19. The quantitative estimate of drug-likeness (QED) is 0.831. The Bertz CT molecular complexity index is 787. The lowest BCUT2D eigenvalue weighted by atomic mass is 10.1. The summed E-state index contributed by atoms with van der Waals surface area (Å²) in [5, 5.41) is 2.77. The van der Waals surface area contributed by atoms with Crippen LogP contribution in [0.3, 0.4) is 0 Å². The number of carbonyl (C=O) groups is 3. The molecular formula is C19H23N3O4S. The van der Waals surface area contributed by atoms with Crippen molar-refractivity contribution >= 4 is 40.2 Å². The number of ether oxygens (including phenoxy) is 1. The molecule has 1 aromatic carbocycles. The van der Waals surface area contributed by atoms with E-state index < -0.39 is 5.25 Å². The summed E-state index contributed by atoms with van der Waals surface area (Å²) in [6.07, 6.45) is 0.140. The molecule has 7 nitrogen and oxygen atoms in total. The van der Waals surface area contributed by atoms with E-state index in [1.807, 2.05) is 32.0 Å². The molecule has 0 radical (unpaired) electrons. The normalized spacial score (nSPS) is 19.8. The lowest BCUT2D eigenvalue weighted by Gasteiger charge is -2.26. The van der Waals surface area contributed by atoms with Gasteiger partial charge in [0.2, 0.25) is 11.8 Å². The number of carbonyl (C=O) groups excluding carboxylic acids is 3. The Morgan fingerprint density at radius 2 is 2.04 bits per heavy atom. The van der Waals surface area contributed by atoms with E-state index in [1.165, 1.54) is 11.8 Å². The van der Waals surface area contributed by atoms with Gasteiger partial charge < -0.3 is 15.0 Å². The van der Waals surface area contributed by atoms with Crippen LogP contribution in [-0.2, 0) is 19.1 Å². The van der Waals surface area contributed by atoms with Gasteiger partial charge in [0.15, 0.2) is 0 Å². The number of aryl methyl sites for hydroxylation is 2. The fraction of sp³-hybridized carbons (Fsp3) is 0.474. The van der Waals surface area contributed by atoms with Crippen molar-refractivity contribution < 1.29 is 19.1 Å². The van der Waals surface area contributed by atoms with Gasteiger partial charge in [0, 0.05) is 25.2 Å². The first-order chi connectivity index (χ1) is 12.9. The summed E-state index contributed by atoms with van der Waals surface area (Å²) in [4.78, 5) is 42.4. The second-order valence-corrected chi connectivity index (χ2v) is 7.97. The molecule has 8 heteroatoms. The minimum atomic E-state index is -0.566. The summed E-state index contributed by atoms with van der Waals surface area (Å²) in [6, 6.07) is 5.77. The number of hydrogen-bond acceptors (Lipinski definition) is 5. The zero-order valence-corrected chi connectivity index (χ0v) is 16.3. The van der Waals surface area contributed by atoms with Crippen LogP contribution >= 0.6 is 11.8 Å². The van der Waals surface area contributed by atoms with Gasteiger partial charge in [0.05, 0.1) is 24.7 Å². The van der Waals surface area contributed by atoms with E-state index in [-0.39, 0.29) is 30.6 Å². The van der Waals surface area contributed by atoms with Gasteiger partial charge in [0.1, 0.15) is 5.25 Å². The highest BCUT2D eigenvalue weighted by Gasteiger charge is 2.32. The van der Waals surface area contributed by atoms with E-state index >= 15 is 0 Å². The number of rotatable bonds is 5. The molecule has 2 heterocycles. The van der Waals surface area contributed by atoms with Crippen LogP contribution in [0.5, 0.6) is 0 Å². The number of thioether (sulfide) groups is 1. The third-order valence-corrected chi connectivity index (χ3v) is 5.64. The van der Waals surface area contributed by atoms with E-state index in [1.54, 1.807) is 4.90 Å². The first-order valence-corrected chi connectivity index (χ1v) is 9.81. The van der Waals surface area contributed by atoms with Gasteiger partial charge in [-0.05, 0) is 25.5 Å². The number of anilines is 1. The van der Waals surface area contributed by atoms with Crippen molar-refractivity contribution in [1.82, 2.24) is 4.90 Å².